The largest absolute Gasteiger partial charge is 0.469 e. The molecule has 0 aromatic heterocycles. The molecular formula is C24H48O6. The smallest absolute Gasteiger partial charge is 0.305 e. The van der Waals surface area contributed by atoms with Crippen molar-refractivity contribution in [3.8, 4) is 0 Å². The lowest BCUT2D eigenvalue weighted by Crippen LogP contribution is -1.99. The van der Waals surface area contributed by atoms with Gasteiger partial charge in [0, 0.05) is 26.1 Å². The van der Waals surface area contributed by atoms with Gasteiger partial charge in [0.1, 0.15) is 0 Å². The number of esters is 2. The first-order valence-electron chi connectivity index (χ1n) is 12.0. The Hall–Kier alpha value is -1.14. The summed E-state index contributed by atoms with van der Waals surface area (Å²) in [4.78, 5) is 21.5. The van der Waals surface area contributed by atoms with Crippen LogP contribution < -0.4 is 0 Å². The van der Waals surface area contributed by atoms with Crippen LogP contribution in [0.1, 0.15) is 116 Å². The summed E-state index contributed by atoms with van der Waals surface area (Å²) in [7, 11) is 2.86. The molecule has 0 saturated heterocycles. The predicted octanol–water partition coefficient (Wildman–Crippen LogP) is 5.33. The van der Waals surface area contributed by atoms with Gasteiger partial charge in [0.15, 0.2) is 0 Å². The summed E-state index contributed by atoms with van der Waals surface area (Å²) < 4.78 is 9.11. The maximum atomic E-state index is 10.8. The number of hydrogen-bond donors (Lipinski definition) is 2. The topological polar surface area (TPSA) is 93.1 Å². The van der Waals surface area contributed by atoms with Gasteiger partial charge >= 0.3 is 11.9 Å². The van der Waals surface area contributed by atoms with Crippen molar-refractivity contribution in [2.45, 2.75) is 116 Å². The van der Waals surface area contributed by atoms with E-state index in [0.29, 0.717) is 26.1 Å². The number of hydrogen-bond acceptors (Lipinski definition) is 6. The Morgan fingerprint density at radius 3 is 0.933 bits per heavy atom. The Morgan fingerprint density at radius 1 is 0.467 bits per heavy atom. The number of aliphatic hydroxyl groups excluding tert-OH is 2. The molecule has 0 rings (SSSR count). The van der Waals surface area contributed by atoms with E-state index in [2.05, 4.69) is 9.47 Å². The molecule has 0 bridgehead atoms. The lowest BCUT2D eigenvalue weighted by molar-refractivity contribution is -0.141. The molecule has 0 aliphatic rings. The maximum Gasteiger partial charge on any atom is 0.305 e. The molecule has 0 saturated carbocycles. The monoisotopic (exact) mass is 432 g/mol. The van der Waals surface area contributed by atoms with Gasteiger partial charge in [0.05, 0.1) is 14.2 Å². The zero-order valence-corrected chi connectivity index (χ0v) is 19.7. The third kappa shape index (κ3) is 29.1. The van der Waals surface area contributed by atoms with Crippen molar-refractivity contribution in [2.75, 3.05) is 27.4 Å². The molecule has 6 heteroatoms. The molecule has 0 heterocycles. The van der Waals surface area contributed by atoms with Crippen molar-refractivity contribution in [1.29, 1.82) is 0 Å². The Bertz CT molecular complexity index is 360. The standard InChI is InChI=1S/C14H28O3.C10H20O3/c1-17-14(16)12-10-8-6-4-2-3-5-7-9-11-13-15;1-13-10(12)8-6-4-2-3-5-7-9-11/h15H,2-13H2,1H3;11H,2-9H2,1H3. The van der Waals surface area contributed by atoms with Gasteiger partial charge < -0.3 is 19.7 Å². The van der Waals surface area contributed by atoms with Crippen LogP contribution in [-0.4, -0.2) is 49.6 Å². The molecule has 0 fully saturated rings. The molecule has 0 aromatic rings. The minimum absolute atomic E-state index is 0.0890. The summed E-state index contributed by atoms with van der Waals surface area (Å²) in [5.74, 6) is -0.204. The summed E-state index contributed by atoms with van der Waals surface area (Å²) in [5.41, 5.74) is 0. The molecule has 0 spiro atoms. The van der Waals surface area contributed by atoms with E-state index in [-0.39, 0.29) is 11.9 Å². The molecule has 2 N–H and O–H groups in total. The van der Waals surface area contributed by atoms with Crippen LogP contribution in [-0.2, 0) is 19.1 Å². The Morgan fingerprint density at radius 2 is 0.700 bits per heavy atom. The van der Waals surface area contributed by atoms with E-state index >= 15 is 0 Å². The summed E-state index contributed by atoms with van der Waals surface area (Å²) >= 11 is 0. The number of aliphatic hydroxyl groups is 2. The average molecular weight is 433 g/mol. The fourth-order valence-corrected chi connectivity index (χ4v) is 3.09. The zero-order chi connectivity index (χ0) is 22.7. The second kappa shape index (κ2) is 27.9. The molecule has 180 valence electrons. The first-order chi connectivity index (χ1) is 14.6. The van der Waals surface area contributed by atoms with Gasteiger partial charge in [0.25, 0.3) is 0 Å². The van der Waals surface area contributed by atoms with Crippen LogP contribution in [0.15, 0.2) is 0 Å². The van der Waals surface area contributed by atoms with Crippen molar-refractivity contribution in [2.24, 2.45) is 0 Å². The van der Waals surface area contributed by atoms with Gasteiger partial charge in [-0.25, -0.2) is 0 Å². The van der Waals surface area contributed by atoms with Crippen molar-refractivity contribution in [3.05, 3.63) is 0 Å². The van der Waals surface area contributed by atoms with E-state index in [9.17, 15) is 9.59 Å². The van der Waals surface area contributed by atoms with E-state index in [1.165, 1.54) is 52.7 Å². The normalized spacial score (nSPS) is 10.3. The Labute approximate surface area is 184 Å². The lowest BCUT2D eigenvalue weighted by Gasteiger charge is -2.02. The molecule has 30 heavy (non-hydrogen) atoms. The van der Waals surface area contributed by atoms with Crippen molar-refractivity contribution >= 4 is 11.9 Å². The quantitative estimate of drug-likeness (QED) is 0.200. The van der Waals surface area contributed by atoms with Gasteiger partial charge in [0.2, 0.25) is 0 Å². The first-order valence-corrected chi connectivity index (χ1v) is 12.0. The highest BCUT2D eigenvalue weighted by atomic mass is 16.5. The molecule has 0 unspecified atom stereocenters. The minimum Gasteiger partial charge on any atom is -0.469 e. The van der Waals surface area contributed by atoms with Gasteiger partial charge in [-0.2, -0.15) is 0 Å². The van der Waals surface area contributed by atoms with Crippen molar-refractivity contribution in [1.82, 2.24) is 0 Å². The zero-order valence-electron chi connectivity index (χ0n) is 19.7. The molecule has 0 aliphatic heterocycles. The van der Waals surface area contributed by atoms with Gasteiger partial charge in [-0.3, -0.25) is 9.59 Å². The van der Waals surface area contributed by atoms with E-state index in [4.69, 9.17) is 10.2 Å². The fourth-order valence-electron chi connectivity index (χ4n) is 3.09. The Kier molecular flexibility index (Phi) is 28.8. The highest BCUT2D eigenvalue weighted by molar-refractivity contribution is 5.69. The SMILES string of the molecule is COC(=O)CCCCCCCCCCCCO.COC(=O)CCCCCCCCO. The molecule has 0 atom stereocenters. The maximum absolute atomic E-state index is 10.8. The van der Waals surface area contributed by atoms with E-state index in [0.717, 1.165) is 64.2 Å². The summed E-state index contributed by atoms with van der Waals surface area (Å²) in [6.07, 6.45) is 19.3. The first kappa shape index (κ1) is 31.0. The van der Waals surface area contributed by atoms with E-state index in [1.807, 2.05) is 0 Å². The van der Waals surface area contributed by atoms with Crippen LogP contribution in [0.3, 0.4) is 0 Å². The lowest BCUT2D eigenvalue weighted by atomic mass is 10.1. The van der Waals surface area contributed by atoms with Crippen molar-refractivity contribution in [3.63, 3.8) is 0 Å². The number of unbranched alkanes of at least 4 members (excludes halogenated alkanes) is 14. The third-order valence-corrected chi connectivity index (χ3v) is 5.03. The number of carbonyl (C=O) groups is 2. The predicted molar refractivity (Wildman–Crippen MR) is 121 cm³/mol. The highest BCUT2D eigenvalue weighted by Crippen LogP contribution is 2.11. The van der Waals surface area contributed by atoms with Gasteiger partial charge in [-0.05, 0) is 25.7 Å². The number of ether oxygens (including phenoxy) is 2. The van der Waals surface area contributed by atoms with Crippen LogP contribution in [0, 0.1) is 0 Å². The molecule has 0 aliphatic carbocycles. The second-order valence-electron chi connectivity index (χ2n) is 7.76. The molecule has 0 radical (unpaired) electrons. The highest BCUT2D eigenvalue weighted by Gasteiger charge is 1.99. The van der Waals surface area contributed by atoms with Crippen LogP contribution in [0.2, 0.25) is 0 Å². The number of rotatable bonds is 20. The number of carbonyl (C=O) groups excluding carboxylic acids is 2. The Balaban J connectivity index is 0. The molecule has 6 nitrogen and oxygen atoms in total. The summed E-state index contributed by atoms with van der Waals surface area (Å²) in [6, 6.07) is 0. The second-order valence-corrected chi connectivity index (χ2v) is 7.76. The van der Waals surface area contributed by atoms with Crippen molar-refractivity contribution < 1.29 is 29.3 Å². The fraction of sp³-hybridized carbons (Fsp3) is 0.917. The van der Waals surface area contributed by atoms with Crippen LogP contribution >= 0.6 is 0 Å². The average Bonchev–Trinajstić information content (AvgIpc) is 2.76. The molecular weight excluding hydrogens is 384 g/mol. The molecule has 0 amide bonds. The summed E-state index contributed by atoms with van der Waals surface area (Å²) in [6.45, 7) is 0.627. The van der Waals surface area contributed by atoms with E-state index in [1.54, 1.807) is 0 Å². The van der Waals surface area contributed by atoms with Gasteiger partial charge in [-0.15, -0.1) is 0 Å². The van der Waals surface area contributed by atoms with Crippen LogP contribution in [0.5, 0.6) is 0 Å². The minimum atomic E-state index is -0.115. The number of methoxy groups -OCH3 is 2. The van der Waals surface area contributed by atoms with Crippen LogP contribution in [0.25, 0.3) is 0 Å². The van der Waals surface area contributed by atoms with E-state index < -0.39 is 0 Å². The third-order valence-electron chi connectivity index (χ3n) is 5.03. The van der Waals surface area contributed by atoms with Crippen LogP contribution in [0.4, 0.5) is 0 Å². The molecule has 0 aromatic carbocycles. The van der Waals surface area contributed by atoms with Gasteiger partial charge in [-0.1, -0.05) is 77.0 Å². The summed E-state index contributed by atoms with van der Waals surface area (Å²) in [5, 5.41) is 17.1.